The van der Waals surface area contributed by atoms with Gasteiger partial charge in [0.05, 0.1) is 4.08 Å². The van der Waals surface area contributed by atoms with E-state index in [1.165, 1.54) is 37.2 Å². The Kier molecular flexibility index (Phi) is 7.51. The van der Waals surface area contributed by atoms with Gasteiger partial charge in [-0.3, -0.25) is 9.59 Å². The van der Waals surface area contributed by atoms with Crippen LogP contribution in [-0.2, 0) is 14.3 Å². The number of allylic oxidation sites excluding steroid dienone is 1. The molecule has 202 valence electrons. The zero-order chi connectivity index (χ0) is 25.9. The molecule has 0 aromatic carbocycles. The lowest BCUT2D eigenvalue weighted by Crippen LogP contribution is -2.51. The van der Waals surface area contributed by atoms with Crippen LogP contribution < -0.4 is 0 Å². The van der Waals surface area contributed by atoms with Crippen molar-refractivity contribution in [3.63, 3.8) is 0 Å². The first-order valence-electron chi connectivity index (χ1n) is 14.7. The third-order valence-corrected chi connectivity index (χ3v) is 14.9. The molecule has 3 saturated carbocycles. The number of ether oxygens (including phenoxy) is 1. The van der Waals surface area contributed by atoms with Gasteiger partial charge in [0.15, 0.2) is 0 Å². The van der Waals surface area contributed by atoms with Crippen LogP contribution in [0.4, 0.5) is 0 Å². The van der Waals surface area contributed by atoms with Gasteiger partial charge >= 0.3 is 5.97 Å². The highest BCUT2D eigenvalue weighted by atomic mass is 32.2. The lowest BCUT2D eigenvalue weighted by atomic mass is 9.47. The van der Waals surface area contributed by atoms with E-state index >= 15 is 0 Å². The number of carbonyl (C=O) groups excluding carboxylic acids is 2. The van der Waals surface area contributed by atoms with Gasteiger partial charge in [-0.05, 0) is 85.4 Å². The molecule has 5 rings (SSSR count). The van der Waals surface area contributed by atoms with Gasteiger partial charge in [-0.2, -0.15) is 0 Å². The molecule has 0 radical (unpaired) electrons. The second kappa shape index (κ2) is 9.96. The summed E-state index contributed by atoms with van der Waals surface area (Å²) >= 11 is 4.42. The molecule has 5 aliphatic rings. The molecule has 1 aliphatic heterocycles. The molecule has 36 heavy (non-hydrogen) atoms. The topological polar surface area (TPSA) is 43.4 Å². The molecule has 4 aliphatic carbocycles. The molecular weight excluding hydrogens is 484 g/mol. The van der Waals surface area contributed by atoms with Crippen LogP contribution in [0.2, 0.25) is 0 Å². The average molecular weight is 533 g/mol. The summed E-state index contributed by atoms with van der Waals surface area (Å²) in [7, 11) is 0. The highest BCUT2D eigenvalue weighted by Gasteiger charge is 2.68. The normalized spacial score (nSPS) is 41.9. The summed E-state index contributed by atoms with van der Waals surface area (Å²) in [5, 5.41) is 0. The largest absolute Gasteiger partial charge is 0.462 e. The predicted molar refractivity (Wildman–Crippen MR) is 152 cm³/mol. The summed E-state index contributed by atoms with van der Waals surface area (Å²) in [5.41, 5.74) is 2.08. The van der Waals surface area contributed by atoms with Crippen LogP contribution in [0, 0.1) is 46.3 Å². The van der Waals surface area contributed by atoms with Gasteiger partial charge in [0, 0.05) is 37.2 Å². The number of Topliss-reactive ketones (excluding diaryl/α,β-unsaturated/α-hetero) is 1. The molecule has 5 heteroatoms. The van der Waals surface area contributed by atoms with E-state index in [2.05, 4.69) is 64.2 Å². The van der Waals surface area contributed by atoms with Crippen molar-refractivity contribution in [1.29, 1.82) is 0 Å². The predicted octanol–water partition coefficient (Wildman–Crippen LogP) is 7.92. The zero-order valence-corrected chi connectivity index (χ0v) is 25.1. The molecule has 4 fully saturated rings. The average Bonchev–Trinajstić information content (AvgIpc) is 3.38. The number of hydrogen-bond acceptors (Lipinski definition) is 5. The molecule has 1 spiro atoms. The molecule has 0 aromatic rings. The smallest absolute Gasteiger partial charge is 0.302 e. The highest BCUT2D eigenvalue weighted by Crippen LogP contribution is 2.74. The van der Waals surface area contributed by atoms with Crippen molar-refractivity contribution in [1.82, 2.24) is 0 Å². The molecule has 8 atom stereocenters. The number of carbonyl (C=O) groups is 2. The van der Waals surface area contributed by atoms with Gasteiger partial charge in [-0.15, -0.1) is 23.5 Å². The van der Waals surface area contributed by atoms with E-state index in [4.69, 9.17) is 4.74 Å². The minimum atomic E-state index is -0.141. The molecule has 0 N–H and O–H groups in total. The van der Waals surface area contributed by atoms with Crippen molar-refractivity contribution in [3.05, 3.63) is 11.6 Å². The molecule has 1 saturated heterocycles. The van der Waals surface area contributed by atoms with Gasteiger partial charge in [-0.1, -0.05) is 46.3 Å². The van der Waals surface area contributed by atoms with E-state index in [1.807, 2.05) is 0 Å². The van der Waals surface area contributed by atoms with Crippen LogP contribution in [0.3, 0.4) is 0 Å². The maximum Gasteiger partial charge on any atom is 0.302 e. The molecular formula is C31H48O3S2. The lowest BCUT2D eigenvalue weighted by Gasteiger charge is -2.58. The van der Waals surface area contributed by atoms with E-state index in [1.54, 1.807) is 12.5 Å². The second-order valence-corrected chi connectivity index (χ2v) is 16.8. The minimum absolute atomic E-state index is 0.0651. The number of fused-ring (bicyclic) bond motifs is 5. The Hall–Kier alpha value is -0.420. The number of thioether (sulfide) groups is 2. The van der Waals surface area contributed by atoms with Crippen LogP contribution in [0.5, 0.6) is 0 Å². The monoisotopic (exact) mass is 532 g/mol. The van der Waals surface area contributed by atoms with Gasteiger partial charge in [0.1, 0.15) is 11.9 Å². The third-order valence-electron chi connectivity index (χ3n) is 11.3. The van der Waals surface area contributed by atoms with Crippen molar-refractivity contribution in [3.8, 4) is 0 Å². The van der Waals surface area contributed by atoms with Gasteiger partial charge < -0.3 is 4.74 Å². The Balaban J connectivity index is 1.42. The van der Waals surface area contributed by atoms with E-state index in [9.17, 15) is 9.59 Å². The molecule has 0 aromatic heterocycles. The Bertz CT molecular complexity index is 905. The maximum absolute atomic E-state index is 13.6. The zero-order valence-electron chi connectivity index (χ0n) is 23.4. The molecule has 0 amide bonds. The Morgan fingerprint density at radius 2 is 1.81 bits per heavy atom. The maximum atomic E-state index is 13.6. The fourth-order valence-electron chi connectivity index (χ4n) is 9.58. The summed E-state index contributed by atoms with van der Waals surface area (Å²) in [4.78, 5) is 25.2. The van der Waals surface area contributed by atoms with Crippen LogP contribution in [0.25, 0.3) is 0 Å². The van der Waals surface area contributed by atoms with Crippen LogP contribution >= 0.6 is 23.5 Å². The first-order valence-corrected chi connectivity index (χ1v) is 16.6. The van der Waals surface area contributed by atoms with Crippen LogP contribution in [0.1, 0.15) is 99.3 Å². The molecule has 1 heterocycles. The van der Waals surface area contributed by atoms with Crippen molar-refractivity contribution >= 4 is 35.3 Å². The Morgan fingerprint density at radius 1 is 1.08 bits per heavy atom. The Morgan fingerprint density at radius 3 is 2.47 bits per heavy atom. The SMILES string of the molecule is CC(=O)O[C@H]1CC[C@@]2(C)C(=CC[C@H]3[C@@H]4CC5(SCCS5)[C@H]([C@H](C)C(=O)CCC(C)C)[C@@]4(C)CC[C@@H]32)C1. The highest BCUT2D eigenvalue weighted by molar-refractivity contribution is 8.21. The van der Waals surface area contributed by atoms with Crippen LogP contribution in [0.15, 0.2) is 11.6 Å². The van der Waals surface area contributed by atoms with Crippen molar-refractivity contribution in [2.75, 3.05) is 11.5 Å². The first kappa shape index (κ1) is 27.2. The van der Waals surface area contributed by atoms with Crippen LogP contribution in [-0.4, -0.2) is 33.4 Å². The number of ketones is 1. The first-order chi connectivity index (χ1) is 17.0. The fourth-order valence-corrected chi connectivity index (χ4v) is 13.7. The Labute approximate surface area is 228 Å². The second-order valence-electron chi connectivity index (χ2n) is 13.7. The van der Waals surface area contributed by atoms with E-state index in [0.29, 0.717) is 23.5 Å². The number of rotatable bonds is 6. The van der Waals surface area contributed by atoms with Gasteiger partial charge in [0.2, 0.25) is 0 Å². The minimum Gasteiger partial charge on any atom is -0.462 e. The third kappa shape index (κ3) is 4.44. The summed E-state index contributed by atoms with van der Waals surface area (Å²) in [6.45, 7) is 13.4. The molecule has 0 unspecified atom stereocenters. The van der Waals surface area contributed by atoms with E-state index in [0.717, 1.165) is 43.9 Å². The van der Waals surface area contributed by atoms with Crippen molar-refractivity contribution in [2.45, 2.75) is 110 Å². The summed E-state index contributed by atoms with van der Waals surface area (Å²) < 4.78 is 5.89. The van der Waals surface area contributed by atoms with Gasteiger partial charge in [0.25, 0.3) is 0 Å². The van der Waals surface area contributed by atoms with Crippen molar-refractivity contribution in [2.24, 2.45) is 46.3 Å². The number of hydrogen-bond donors (Lipinski definition) is 0. The lowest BCUT2D eigenvalue weighted by molar-refractivity contribution is -0.148. The fraction of sp³-hybridized carbons (Fsp3) is 0.871. The number of esters is 1. The van der Waals surface area contributed by atoms with Gasteiger partial charge in [-0.25, -0.2) is 0 Å². The van der Waals surface area contributed by atoms with Crippen molar-refractivity contribution < 1.29 is 14.3 Å². The van der Waals surface area contributed by atoms with E-state index in [-0.39, 0.29) is 32.9 Å². The standard InChI is InChI=1S/C31H48O3S2/c1-19(2)7-10-27(33)20(3)28-30(6)14-12-25-24(26(30)18-31(28)35-15-16-36-31)9-8-22-17-23(34-21(4)32)11-13-29(22,25)5/h8,19-20,23-26,28H,7,9-18H2,1-6H3/t20-,23+,24-,25+,26+,28-,29+,30+/m1/s1. The quantitative estimate of drug-likeness (QED) is 0.257. The summed E-state index contributed by atoms with van der Waals surface area (Å²) in [6.07, 6.45) is 12.5. The summed E-state index contributed by atoms with van der Waals surface area (Å²) in [5.74, 6) is 6.27. The van der Waals surface area contributed by atoms with E-state index < -0.39 is 0 Å². The molecule has 3 nitrogen and oxygen atoms in total. The summed E-state index contributed by atoms with van der Waals surface area (Å²) in [6, 6.07) is 0. The molecule has 0 bridgehead atoms.